The maximum atomic E-state index is 4.99. The number of anilines is 1. The van der Waals surface area contributed by atoms with E-state index in [2.05, 4.69) is 22.4 Å². The molecule has 1 N–H and O–H groups in total. The van der Waals surface area contributed by atoms with E-state index in [9.17, 15) is 0 Å². The SMILES string of the molecule is Cc1noc(NCC2(C)CCCS2)n1. The molecule has 4 nitrogen and oxygen atoms in total. The molecule has 1 atom stereocenters. The summed E-state index contributed by atoms with van der Waals surface area (Å²) in [4.78, 5) is 4.10. The van der Waals surface area contributed by atoms with Gasteiger partial charge in [-0.2, -0.15) is 16.7 Å². The molecule has 78 valence electrons. The van der Waals surface area contributed by atoms with Gasteiger partial charge in [-0.25, -0.2) is 0 Å². The third-order valence-corrected chi connectivity index (χ3v) is 3.98. The third-order valence-electron chi connectivity index (χ3n) is 2.44. The van der Waals surface area contributed by atoms with Crippen molar-refractivity contribution in [3.63, 3.8) is 0 Å². The number of nitrogens with zero attached hydrogens (tertiary/aromatic N) is 2. The van der Waals surface area contributed by atoms with Gasteiger partial charge in [0, 0.05) is 11.3 Å². The van der Waals surface area contributed by atoms with E-state index in [1.807, 2.05) is 18.7 Å². The normalized spacial score (nSPS) is 26.7. The van der Waals surface area contributed by atoms with E-state index >= 15 is 0 Å². The van der Waals surface area contributed by atoms with Crippen LogP contribution >= 0.6 is 11.8 Å². The number of hydrogen-bond acceptors (Lipinski definition) is 5. The van der Waals surface area contributed by atoms with Gasteiger partial charge in [-0.3, -0.25) is 0 Å². The highest BCUT2D eigenvalue weighted by atomic mass is 32.2. The Morgan fingerprint density at radius 2 is 2.50 bits per heavy atom. The van der Waals surface area contributed by atoms with E-state index in [-0.39, 0.29) is 0 Å². The van der Waals surface area contributed by atoms with Crippen LogP contribution in [0.15, 0.2) is 4.52 Å². The second kappa shape index (κ2) is 3.81. The molecule has 0 bridgehead atoms. The summed E-state index contributed by atoms with van der Waals surface area (Å²) >= 11 is 2.02. The monoisotopic (exact) mass is 213 g/mol. The van der Waals surface area contributed by atoms with Crippen molar-refractivity contribution in [1.29, 1.82) is 0 Å². The molecule has 2 rings (SSSR count). The van der Waals surface area contributed by atoms with Crippen molar-refractivity contribution < 1.29 is 4.52 Å². The Hall–Kier alpha value is -0.710. The zero-order chi connectivity index (χ0) is 10.0. The summed E-state index contributed by atoms with van der Waals surface area (Å²) in [6, 6.07) is 0.538. The van der Waals surface area contributed by atoms with Crippen molar-refractivity contribution in [3.05, 3.63) is 5.82 Å². The molecular weight excluding hydrogens is 198 g/mol. The van der Waals surface area contributed by atoms with Crippen LogP contribution < -0.4 is 5.32 Å². The maximum Gasteiger partial charge on any atom is 0.321 e. The molecule has 1 fully saturated rings. The van der Waals surface area contributed by atoms with Crippen LogP contribution in [0.1, 0.15) is 25.6 Å². The zero-order valence-electron chi connectivity index (χ0n) is 8.54. The van der Waals surface area contributed by atoms with Gasteiger partial charge in [0.05, 0.1) is 0 Å². The molecule has 0 saturated carbocycles. The van der Waals surface area contributed by atoms with Crippen LogP contribution in [0.3, 0.4) is 0 Å². The summed E-state index contributed by atoms with van der Waals surface area (Å²) in [5.74, 6) is 1.94. The molecule has 1 aromatic rings. The average Bonchev–Trinajstić information content (AvgIpc) is 2.73. The highest BCUT2D eigenvalue weighted by Gasteiger charge is 2.29. The highest BCUT2D eigenvalue weighted by molar-refractivity contribution is 8.00. The molecule has 14 heavy (non-hydrogen) atoms. The molecule has 2 heterocycles. The molecule has 0 radical (unpaired) electrons. The van der Waals surface area contributed by atoms with Gasteiger partial charge < -0.3 is 9.84 Å². The van der Waals surface area contributed by atoms with Gasteiger partial charge >= 0.3 is 6.01 Å². The second-order valence-electron chi connectivity index (χ2n) is 3.90. The Balaban J connectivity index is 1.87. The molecule has 1 unspecified atom stereocenters. The van der Waals surface area contributed by atoms with E-state index in [1.165, 1.54) is 18.6 Å². The summed E-state index contributed by atoms with van der Waals surface area (Å²) in [5, 5.41) is 6.92. The average molecular weight is 213 g/mol. The fraction of sp³-hybridized carbons (Fsp3) is 0.778. The van der Waals surface area contributed by atoms with E-state index in [4.69, 9.17) is 4.52 Å². The minimum Gasteiger partial charge on any atom is -0.336 e. The van der Waals surface area contributed by atoms with Crippen LogP contribution in [-0.2, 0) is 0 Å². The molecule has 0 spiro atoms. The standard InChI is InChI=1S/C9H15N3OS/c1-7-11-8(13-12-7)10-6-9(2)4-3-5-14-9/h3-6H2,1-2H3,(H,10,11,12). The Morgan fingerprint density at radius 1 is 1.64 bits per heavy atom. The molecule has 1 saturated heterocycles. The van der Waals surface area contributed by atoms with Crippen molar-refractivity contribution in [1.82, 2.24) is 10.1 Å². The number of aromatic nitrogens is 2. The van der Waals surface area contributed by atoms with Crippen LogP contribution in [0.5, 0.6) is 0 Å². The number of hydrogen-bond donors (Lipinski definition) is 1. The van der Waals surface area contributed by atoms with Crippen LogP contribution in [0.2, 0.25) is 0 Å². The summed E-state index contributed by atoms with van der Waals surface area (Å²) < 4.78 is 5.32. The molecule has 0 aromatic carbocycles. The maximum absolute atomic E-state index is 4.99. The first-order chi connectivity index (χ1) is 6.68. The molecule has 1 aliphatic rings. The van der Waals surface area contributed by atoms with Crippen LogP contribution in [-0.4, -0.2) is 27.2 Å². The number of aryl methyl sites for hydroxylation is 1. The lowest BCUT2D eigenvalue weighted by Crippen LogP contribution is -2.27. The Labute approximate surface area is 87.8 Å². The molecule has 1 aliphatic heterocycles. The van der Waals surface area contributed by atoms with Gasteiger partial charge in [0.25, 0.3) is 0 Å². The molecule has 0 amide bonds. The molecule has 1 aromatic heterocycles. The minimum atomic E-state index is 0.336. The number of rotatable bonds is 3. The zero-order valence-corrected chi connectivity index (χ0v) is 9.36. The van der Waals surface area contributed by atoms with Gasteiger partial charge in [0.1, 0.15) is 0 Å². The second-order valence-corrected chi connectivity index (χ2v) is 5.58. The van der Waals surface area contributed by atoms with Crippen molar-refractivity contribution in [2.75, 3.05) is 17.6 Å². The quantitative estimate of drug-likeness (QED) is 0.833. The first kappa shape index (κ1) is 9.83. The van der Waals surface area contributed by atoms with Crippen LogP contribution in [0.4, 0.5) is 6.01 Å². The van der Waals surface area contributed by atoms with E-state index in [0.29, 0.717) is 16.6 Å². The van der Waals surface area contributed by atoms with Crippen LogP contribution in [0, 0.1) is 6.92 Å². The molecule has 5 heteroatoms. The predicted molar refractivity (Wildman–Crippen MR) is 57.6 cm³/mol. The van der Waals surface area contributed by atoms with Gasteiger partial charge in [-0.05, 0) is 32.4 Å². The summed E-state index contributed by atoms with van der Waals surface area (Å²) in [5.41, 5.74) is 0. The van der Waals surface area contributed by atoms with E-state index < -0.39 is 0 Å². The van der Waals surface area contributed by atoms with Gasteiger partial charge in [0.2, 0.25) is 0 Å². The highest BCUT2D eigenvalue weighted by Crippen LogP contribution is 2.37. The summed E-state index contributed by atoms with van der Waals surface area (Å²) in [6.45, 7) is 5.00. The summed E-state index contributed by atoms with van der Waals surface area (Å²) in [7, 11) is 0. The smallest absolute Gasteiger partial charge is 0.321 e. The number of thioether (sulfide) groups is 1. The lowest BCUT2D eigenvalue weighted by molar-refractivity contribution is 0.423. The van der Waals surface area contributed by atoms with Crippen LogP contribution in [0.25, 0.3) is 0 Å². The van der Waals surface area contributed by atoms with Gasteiger partial charge in [-0.15, -0.1) is 0 Å². The topological polar surface area (TPSA) is 51.0 Å². The van der Waals surface area contributed by atoms with Crippen molar-refractivity contribution in [3.8, 4) is 0 Å². The first-order valence-electron chi connectivity index (χ1n) is 4.86. The van der Waals surface area contributed by atoms with Crippen molar-refractivity contribution >= 4 is 17.8 Å². The van der Waals surface area contributed by atoms with Gasteiger partial charge in [0.15, 0.2) is 5.82 Å². The fourth-order valence-corrected chi connectivity index (χ4v) is 2.85. The minimum absolute atomic E-state index is 0.336. The van der Waals surface area contributed by atoms with E-state index in [0.717, 1.165) is 6.54 Å². The molecule has 0 aliphatic carbocycles. The third kappa shape index (κ3) is 2.20. The molecular formula is C9H15N3OS. The first-order valence-corrected chi connectivity index (χ1v) is 5.85. The fourth-order valence-electron chi connectivity index (χ4n) is 1.61. The predicted octanol–water partition coefficient (Wildman–Crippen LogP) is 2.08. The van der Waals surface area contributed by atoms with E-state index in [1.54, 1.807) is 0 Å². The Bertz CT molecular complexity index is 307. The Kier molecular flexibility index (Phi) is 2.67. The van der Waals surface area contributed by atoms with Crippen molar-refractivity contribution in [2.45, 2.75) is 31.4 Å². The van der Waals surface area contributed by atoms with Crippen molar-refractivity contribution in [2.24, 2.45) is 0 Å². The van der Waals surface area contributed by atoms with Gasteiger partial charge in [-0.1, -0.05) is 5.16 Å². The largest absolute Gasteiger partial charge is 0.336 e. The lowest BCUT2D eigenvalue weighted by Gasteiger charge is -2.21. The number of nitrogens with one attached hydrogen (secondary N) is 1. The Morgan fingerprint density at radius 3 is 3.07 bits per heavy atom. The lowest BCUT2D eigenvalue weighted by atomic mass is 10.1. The summed E-state index contributed by atoms with van der Waals surface area (Å²) in [6.07, 6.45) is 2.57.